The van der Waals surface area contributed by atoms with Crippen LogP contribution in [0.3, 0.4) is 0 Å². The monoisotopic (exact) mass is 658 g/mol. The number of fused-ring (bicyclic) bond motifs is 1. The zero-order valence-electron chi connectivity index (χ0n) is 24.6. The Labute approximate surface area is 258 Å². The van der Waals surface area contributed by atoms with Crippen molar-refractivity contribution in [1.29, 1.82) is 0 Å². The number of amides is 2. The molecule has 0 aliphatic heterocycles. The van der Waals surface area contributed by atoms with Crippen LogP contribution in [-0.2, 0) is 11.3 Å². The second-order valence-electron chi connectivity index (χ2n) is 12.7. The normalized spacial score (nSPS) is 22.6. The fourth-order valence-electron chi connectivity index (χ4n) is 6.27. The van der Waals surface area contributed by atoms with Gasteiger partial charge in [-0.15, -0.1) is 5.10 Å². The molecule has 46 heavy (non-hydrogen) atoms. The van der Waals surface area contributed by atoms with Crippen molar-refractivity contribution in [1.82, 2.24) is 40.2 Å². The lowest BCUT2D eigenvalue weighted by Crippen LogP contribution is -2.38. The van der Waals surface area contributed by atoms with Crippen LogP contribution in [0.15, 0.2) is 24.7 Å². The lowest BCUT2D eigenvalue weighted by Gasteiger charge is -2.34. The molecule has 0 spiro atoms. The van der Waals surface area contributed by atoms with Gasteiger partial charge in [-0.1, -0.05) is 11.6 Å². The number of carbonyl (C=O) groups excluding carboxylic acids is 2. The van der Waals surface area contributed by atoms with E-state index in [9.17, 15) is 40.3 Å². The quantitative estimate of drug-likeness (QED) is 0.260. The van der Waals surface area contributed by atoms with Crippen LogP contribution < -0.4 is 10.6 Å². The topological polar surface area (TPSA) is 119 Å². The van der Waals surface area contributed by atoms with Gasteiger partial charge >= 0.3 is 6.18 Å². The van der Waals surface area contributed by atoms with E-state index >= 15 is 0 Å². The molecule has 3 heterocycles. The summed E-state index contributed by atoms with van der Waals surface area (Å²) in [4.78, 5) is 30.5. The van der Waals surface area contributed by atoms with E-state index in [-0.39, 0.29) is 50.3 Å². The predicted octanol–water partition coefficient (Wildman–Crippen LogP) is 5.57. The fraction of sp³-hybridized carbons (Fsp3) is 0.655. The molecule has 3 fully saturated rings. The number of nitrogens with one attached hydrogen (secondary N) is 2. The summed E-state index contributed by atoms with van der Waals surface area (Å²) in [5, 5.41) is 17.5. The highest BCUT2D eigenvalue weighted by Gasteiger charge is 2.57. The first kappa shape index (κ1) is 32.2. The van der Waals surface area contributed by atoms with Crippen molar-refractivity contribution in [3.05, 3.63) is 41.6 Å². The van der Waals surface area contributed by atoms with Crippen LogP contribution in [0.1, 0.15) is 98.0 Å². The molecule has 0 bridgehead atoms. The van der Waals surface area contributed by atoms with Crippen molar-refractivity contribution in [3.63, 3.8) is 0 Å². The maximum absolute atomic E-state index is 14.1. The highest BCUT2D eigenvalue weighted by atomic mass is 19.4. The molecule has 6 rings (SSSR count). The van der Waals surface area contributed by atoms with E-state index in [1.807, 2.05) is 0 Å². The first-order valence-electron chi connectivity index (χ1n) is 15.3. The molecule has 0 radical (unpaired) electrons. The third kappa shape index (κ3) is 7.27. The van der Waals surface area contributed by atoms with Crippen molar-refractivity contribution in [2.24, 2.45) is 17.8 Å². The smallest absolute Gasteiger partial charge is 0.349 e. The molecule has 3 aromatic heterocycles. The second-order valence-corrected chi connectivity index (χ2v) is 12.7. The number of hydrogen-bond donors (Lipinski definition) is 2. The van der Waals surface area contributed by atoms with E-state index in [1.54, 1.807) is 12.3 Å². The predicted molar refractivity (Wildman–Crippen MR) is 147 cm³/mol. The number of alkyl halides is 7. The molecule has 1 unspecified atom stereocenters. The molecular formula is C29H33F7N8O2. The van der Waals surface area contributed by atoms with E-state index in [0.717, 1.165) is 30.1 Å². The van der Waals surface area contributed by atoms with Crippen LogP contribution in [0, 0.1) is 17.8 Å². The van der Waals surface area contributed by atoms with Gasteiger partial charge in [-0.25, -0.2) is 31.7 Å². The van der Waals surface area contributed by atoms with Gasteiger partial charge in [0.2, 0.25) is 11.8 Å². The summed E-state index contributed by atoms with van der Waals surface area (Å²) in [5.74, 6) is -8.45. The Kier molecular flexibility index (Phi) is 8.46. The summed E-state index contributed by atoms with van der Waals surface area (Å²) in [7, 11) is 0. The number of nitrogens with zero attached hydrogens (tertiary/aromatic N) is 6. The molecule has 0 aromatic carbocycles. The number of rotatable bonds is 11. The molecule has 3 aliphatic carbocycles. The van der Waals surface area contributed by atoms with Crippen LogP contribution >= 0.6 is 0 Å². The molecule has 2 N–H and O–H groups in total. The third-order valence-electron chi connectivity index (χ3n) is 9.33. The van der Waals surface area contributed by atoms with Gasteiger partial charge in [0.15, 0.2) is 5.65 Å². The molecule has 0 saturated heterocycles. The van der Waals surface area contributed by atoms with Crippen molar-refractivity contribution < 1.29 is 40.3 Å². The van der Waals surface area contributed by atoms with E-state index in [4.69, 9.17) is 0 Å². The molecule has 250 valence electrons. The van der Waals surface area contributed by atoms with Crippen LogP contribution in [0.25, 0.3) is 5.65 Å². The Hall–Kier alpha value is -3.79. The minimum atomic E-state index is -4.46. The maximum Gasteiger partial charge on any atom is 0.389 e. The van der Waals surface area contributed by atoms with Crippen molar-refractivity contribution in [2.45, 2.75) is 101 Å². The largest absolute Gasteiger partial charge is 0.389 e. The Morgan fingerprint density at radius 2 is 1.70 bits per heavy atom. The summed E-state index contributed by atoms with van der Waals surface area (Å²) in [6.07, 6.45) is -0.621. The summed E-state index contributed by atoms with van der Waals surface area (Å²) in [6.45, 7) is -0.202. The minimum Gasteiger partial charge on any atom is -0.349 e. The summed E-state index contributed by atoms with van der Waals surface area (Å²) in [6, 6.07) is 0.241. The Balaban J connectivity index is 1.25. The number of halogens is 7. The van der Waals surface area contributed by atoms with Gasteiger partial charge in [-0.05, 0) is 49.1 Å². The number of aromatic nitrogens is 6. The maximum atomic E-state index is 14.1. The van der Waals surface area contributed by atoms with Gasteiger partial charge in [-0.3, -0.25) is 9.59 Å². The molecule has 2 amide bonds. The highest BCUT2D eigenvalue weighted by molar-refractivity contribution is 5.92. The average Bonchev–Trinajstić information content (AvgIpc) is 3.29. The minimum absolute atomic E-state index is 0.0125. The Morgan fingerprint density at radius 1 is 1.00 bits per heavy atom. The molecular weight excluding hydrogens is 625 g/mol. The van der Waals surface area contributed by atoms with Crippen LogP contribution in [0.2, 0.25) is 0 Å². The third-order valence-corrected chi connectivity index (χ3v) is 9.33. The molecule has 10 nitrogen and oxygen atoms in total. The van der Waals surface area contributed by atoms with E-state index in [2.05, 4.69) is 31.0 Å². The van der Waals surface area contributed by atoms with Gasteiger partial charge in [0, 0.05) is 31.6 Å². The van der Waals surface area contributed by atoms with Crippen molar-refractivity contribution in [2.75, 3.05) is 0 Å². The van der Waals surface area contributed by atoms with Gasteiger partial charge in [0.05, 0.1) is 49.3 Å². The van der Waals surface area contributed by atoms with Crippen LogP contribution in [-0.4, -0.2) is 59.4 Å². The molecule has 17 heteroatoms. The lowest BCUT2D eigenvalue weighted by molar-refractivity contribution is -0.144. The molecule has 3 atom stereocenters. The Bertz CT molecular complexity index is 1570. The van der Waals surface area contributed by atoms with Crippen LogP contribution in [0.4, 0.5) is 30.7 Å². The summed E-state index contributed by atoms with van der Waals surface area (Å²) in [5.41, 5.74) is 1.15. The molecule has 3 aliphatic rings. The summed E-state index contributed by atoms with van der Waals surface area (Å²) >= 11 is 0. The summed E-state index contributed by atoms with van der Waals surface area (Å²) < 4.78 is 95.8. The number of imidazole rings is 1. The number of hydrogen-bond acceptors (Lipinski definition) is 6. The average molecular weight is 659 g/mol. The van der Waals surface area contributed by atoms with Crippen molar-refractivity contribution >= 4 is 17.5 Å². The first-order valence-corrected chi connectivity index (χ1v) is 15.3. The van der Waals surface area contributed by atoms with Gasteiger partial charge < -0.3 is 10.6 Å². The number of carbonyl (C=O) groups is 2. The highest BCUT2D eigenvalue weighted by Crippen LogP contribution is 2.49. The second kappa shape index (κ2) is 12.1. The van der Waals surface area contributed by atoms with E-state index < -0.39 is 66.6 Å². The zero-order valence-corrected chi connectivity index (χ0v) is 24.6. The first-order chi connectivity index (χ1) is 21.7. The van der Waals surface area contributed by atoms with E-state index in [1.165, 1.54) is 10.7 Å². The van der Waals surface area contributed by atoms with Gasteiger partial charge in [0.1, 0.15) is 5.69 Å². The SMILES string of the molecule is O=C(CCC(F)(F)F)N[C@@H](c1cnn2cc([C@@H](NC(=O)c3cnnn3CC3CC3(F)F)C3CCC(F)(F)CC3)nc2c1)C1CCC1. The van der Waals surface area contributed by atoms with Crippen LogP contribution in [0.5, 0.6) is 0 Å². The zero-order chi connectivity index (χ0) is 32.9. The van der Waals surface area contributed by atoms with Gasteiger partial charge in [-0.2, -0.15) is 18.3 Å². The standard InChI is InChI=1S/C29H33F7N8O2/c30-27(31)7-4-17(5-8-27)25(41-26(46)21-13-37-42-43(21)14-19-11-28(19,32)33)20-15-44-22(39-20)10-18(12-38-44)24(16-2-1-3-16)40-23(45)6-9-29(34,35)36/h10,12-13,15-17,19,24-25H,1-9,11,14H2,(H,40,45)(H,41,46)/t19?,24-,25+/m1/s1. The molecule has 3 saturated carbocycles. The fourth-order valence-corrected chi connectivity index (χ4v) is 6.27. The van der Waals surface area contributed by atoms with E-state index in [0.29, 0.717) is 16.9 Å². The Morgan fingerprint density at radius 3 is 2.33 bits per heavy atom. The van der Waals surface area contributed by atoms with Gasteiger partial charge in [0.25, 0.3) is 11.8 Å². The van der Waals surface area contributed by atoms with Crippen molar-refractivity contribution in [3.8, 4) is 0 Å². The molecule has 3 aromatic rings. The lowest BCUT2D eigenvalue weighted by atomic mass is 9.77.